The summed E-state index contributed by atoms with van der Waals surface area (Å²) >= 11 is 11.9. The summed E-state index contributed by atoms with van der Waals surface area (Å²) in [5.41, 5.74) is 0.201. The van der Waals surface area contributed by atoms with Gasteiger partial charge in [0.15, 0.2) is 5.85 Å². The van der Waals surface area contributed by atoms with Crippen LogP contribution in [0.25, 0.3) is 0 Å². The van der Waals surface area contributed by atoms with E-state index in [0.29, 0.717) is 5.02 Å². The average molecular weight is 393 g/mol. The zero-order chi connectivity index (χ0) is 17.0. The third kappa shape index (κ3) is 4.54. The van der Waals surface area contributed by atoms with Gasteiger partial charge in [-0.25, -0.2) is 4.57 Å². The van der Waals surface area contributed by atoms with Crippen LogP contribution in [0.5, 0.6) is 0 Å². The van der Waals surface area contributed by atoms with Gasteiger partial charge in [-0.05, 0) is 12.1 Å². The van der Waals surface area contributed by atoms with E-state index in [1.807, 2.05) is 0 Å². The van der Waals surface area contributed by atoms with Crippen molar-refractivity contribution >= 4 is 38.6 Å². The SMILES string of the molecule is COP(=O)(OC)OC(c1ccc(Cl)cc1Cl)P(=O)(OC)OC. The van der Waals surface area contributed by atoms with Crippen molar-refractivity contribution in [2.75, 3.05) is 28.4 Å². The Morgan fingerprint density at radius 1 is 0.955 bits per heavy atom. The Bertz CT molecular complexity index is 594. The van der Waals surface area contributed by atoms with Crippen LogP contribution in [0.1, 0.15) is 11.4 Å². The Kier molecular flexibility index (Phi) is 7.53. The lowest BCUT2D eigenvalue weighted by atomic mass is 10.2. The molecule has 126 valence electrons. The number of hydrogen-bond acceptors (Lipinski definition) is 7. The minimum atomic E-state index is -3.98. The summed E-state index contributed by atoms with van der Waals surface area (Å²) in [7, 11) is -3.28. The number of halogens is 2. The fourth-order valence-electron chi connectivity index (χ4n) is 1.54. The maximum absolute atomic E-state index is 12.7. The van der Waals surface area contributed by atoms with Crippen molar-refractivity contribution in [1.82, 2.24) is 0 Å². The van der Waals surface area contributed by atoms with Crippen LogP contribution in [-0.2, 0) is 31.7 Å². The van der Waals surface area contributed by atoms with Crippen LogP contribution in [0.15, 0.2) is 18.2 Å². The van der Waals surface area contributed by atoms with Crippen LogP contribution in [0.2, 0.25) is 10.0 Å². The molecule has 22 heavy (non-hydrogen) atoms. The Hall–Kier alpha value is 0.0600. The van der Waals surface area contributed by atoms with Gasteiger partial charge in [-0.2, -0.15) is 0 Å². The normalized spacial score (nSPS) is 14.1. The quantitative estimate of drug-likeness (QED) is 0.582. The van der Waals surface area contributed by atoms with E-state index in [2.05, 4.69) is 0 Å². The number of rotatable bonds is 8. The van der Waals surface area contributed by atoms with E-state index in [1.54, 1.807) is 0 Å². The van der Waals surface area contributed by atoms with Gasteiger partial charge in [-0.3, -0.25) is 18.1 Å². The number of hydrogen-bond donors (Lipinski definition) is 0. The Morgan fingerprint density at radius 2 is 1.50 bits per heavy atom. The fourth-order valence-corrected chi connectivity index (χ4v) is 4.70. The molecule has 0 saturated carbocycles. The molecule has 1 unspecified atom stereocenters. The third-order valence-electron chi connectivity index (χ3n) is 2.70. The highest BCUT2D eigenvalue weighted by atomic mass is 35.5. The molecule has 0 aliphatic carbocycles. The lowest BCUT2D eigenvalue weighted by molar-refractivity contribution is 0.116. The molecule has 0 N–H and O–H groups in total. The minimum absolute atomic E-state index is 0.130. The molecule has 0 saturated heterocycles. The van der Waals surface area contributed by atoms with Crippen molar-refractivity contribution < 1.29 is 31.7 Å². The van der Waals surface area contributed by atoms with Crippen molar-refractivity contribution in [2.24, 2.45) is 0 Å². The van der Waals surface area contributed by atoms with E-state index >= 15 is 0 Å². The van der Waals surface area contributed by atoms with Crippen molar-refractivity contribution in [3.63, 3.8) is 0 Å². The first-order valence-corrected chi connectivity index (χ1v) is 9.64. The van der Waals surface area contributed by atoms with Gasteiger partial charge < -0.3 is 9.05 Å². The van der Waals surface area contributed by atoms with Gasteiger partial charge in [0.25, 0.3) is 0 Å². The summed E-state index contributed by atoms with van der Waals surface area (Å²) in [5, 5.41) is 0.490. The first kappa shape index (κ1) is 20.1. The van der Waals surface area contributed by atoms with Gasteiger partial charge in [-0.15, -0.1) is 0 Å². The highest BCUT2D eigenvalue weighted by molar-refractivity contribution is 7.55. The summed E-state index contributed by atoms with van der Waals surface area (Å²) in [6.07, 6.45) is 0. The molecule has 0 radical (unpaired) electrons. The van der Waals surface area contributed by atoms with Gasteiger partial charge in [0.2, 0.25) is 0 Å². The molecule has 0 heterocycles. The molecule has 0 bridgehead atoms. The fraction of sp³-hybridized carbons (Fsp3) is 0.455. The summed E-state index contributed by atoms with van der Waals surface area (Å²) in [4.78, 5) is 0. The molecule has 0 spiro atoms. The van der Waals surface area contributed by atoms with E-state index in [-0.39, 0.29) is 10.6 Å². The van der Waals surface area contributed by atoms with E-state index in [1.165, 1.54) is 18.2 Å². The molecule has 0 aliphatic rings. The number of benzene rings is 1. The van der Waals surface area contributed by atoms with Crippen molar-refractivity contribution in [3.05, 3.63) is 33.8 Å². The topological polar surface area (TPSA) is 80.3 Å². The van der Waals surface area contributed by atoms with E-state index in [0.717, 1.165) is 28.4 Å². The first-order valence-electron chi connectivity index (χ1n) is 5.81. The average Bonchev–Trinajstić information content (AvgIpc) is 2.52. The second-order valence-corrected chi connectivity index (χ2v) is 8.80. The zero-order valence-corrected chi connectivity index (χ0v) is 15.6. The van der Waals surface area contributed by atoms with Crippen LogP contribution in [0.3, 0.4) is 0 Å². The summed E-state index contributed by atoms with van der Waals surface area (Å²) in [6.45, 7) is 0. The highest BCUT2D eigenvalue weighted by Gasteiger charge is 2.43. The summed E-state index contributed by atoms with van der Waals surface area (Å²) < 4.78 is 49.4. The molecule has 1 rings (SSSR count). The van der Waals surface area contributed by atoms with E-state index in [9.17, 15) is 9.13 Å². The number of phosphoric acid groups is 1. The molecule has 1 aromatic carbocycles. The van der Waals surface area contributed by atoms with Crippen LogP contribution in [-0.4, -0.2) is 28.4 Å². The zero-order valence-electron chi connectivity index (χ0n) is 12.3. The van der Waals surface area contributed by atoms with Crippen LogP contribution >= 0.6 is 38.6 Å². The van der Waals surface area contributed by atoms with Gasteiger partial charge >= 0.3 is 15.4 Å². The largest absolute Gasteiger partial charge is 0.475 e. The number of phosphoric ester groups is 1. The minimum Gasteiger partial charge on any atom is -0.310 e. The summed E-state index contributed by atoms with van der Waals surface area (Å²) in [5.74, 6) is -1.43. The predicted octanol–water partition coefficient (Wildman–Crippen LogP) is 4.90. The lowest BCUT2D eigenvalue weighted by Gasteiger charge is -2.27. The second kappa shape index (κ2) is 8.25. The molecule has 0 aliphatic heterocycles. The molecule has 0 amide bonds. The lowest BCUT2D eigenvalue weighted by Crippen LogP contribution is -2.09. The maximum atomic E-state index is 12.7. The van der Waals surface area contributed by atoms with Crippen LogP contribution in [0, 0.1) is 0 Å². The monoisotopic (exact) mass is 392 g/mol. The molecular formula is C11H16Cl2O7P2. The standard InChI is InChI=1S/C11H16Cl2O7P2/c1-16-21(14,17-2)11(20-22(15,18-3)19-4)9-6-5-8(12)7-10(9)13/h5-7,11H,1-4H3. The van der Waals surface area contributed by atoms with Gasteiger partial charge in [0.1, 0.15) is 0 Å². The molecule has 0 aromatic heterocycles. The van der Waals surface area contributed by atoms with E-state index in [4.69, 9.17) is 45.8 Å². The van der Waals surface area contributed by atoms with Gasteiger partial charge in [-0.1, -0.05) is 29.3 Å². The Morgan fingerprint density at radius 3 is 1.91 bits per heavy atom. The molecular weight excluding hydrogens is 377 g/mol. The van der Waals surface area contributed by atoms with Gasteiger partial charge in [0.05, 0.1) is 0 Å². The van der Waals surface area contributed by atoms with Gasteiger partial charge in [0, 0.05) is 44.0 Å². The molecule has 1 atom stereocenters. The summed E-state index contributed by atoms with van der Waals surface area (Å²) in [6, 6.07) is 4.37. The molecule has 11 heteroatoms. The van der Waals surface area contributed by atoms with Crippen molar-refractivity contribution in [1.29, 1.82) is 0 Å². The van der Waals surface area contributed by atoms with E-state index < -0.39 is 21.3 Å². The highest BCUT2D eigenvalue weighted by Crippen LogP contribution is 2.67. The predicted molar refractivity (Wildman–Crippen MR) is 83.5 cm³/mol. The van der Waals surface area contributed by atoms with Crippen molar-refractivity contribution in [3.8, 4) is 0 Å². The van der Waals surface area contributed by atoms with Crippen LogP contribution < -0.4 is 0 Å². The Labute approximate surface area is 138 Å². The molecule has 7 nitrogen and oxygen atoms in total. The molecule has 0 fully saturated rings. The van der Waals surface area contributed by atoms with Crippen molar-refractivity contribution in [2.45, 2.75) is 5.85 Å². The second-order valence-electron chi connectivity index (χ2n) is 3.84. The first-order chi connectivity index (χ1) is 10.2. The molecule has 1 aromatic rings. The van der Waals surface area contributed by atoms with Crippen LogP contribution in [0.4, 0.5) is 0 Å². The maximum Gasteiger partial charge on any atom is 0.475 e. The Balaban J connectivity index is 3.40. The smallest absolute Gasteiger partial charge is 0.310 e. The third-order valence-corrected chi connectivity index (χ3v) is 6.77.